The number of carbonyl (C=O) groups excluding carboxylic acids is 2. The Balaban J connectivity index is 1.83. The topological polar surface area (TPSA) is 67.1 Å². The third kappa shape index (κ3) is 6.00. The molecule has 6 nitrogen and oxygen atoms in total. The second kappa shape index (κ2) is 9.94. The number of hydrogen-bond acceptors (Lipinski definition) is 3. The van der Waals surface area contributed by atoms with E-state index in [-0.39, 0.29) is 23.9 Å². The van der Waals surface area contributed by atoms with E-state index in [4.69, 9.17) is 0 Å². The molecule has 1 atom stereocenters. The molecule has 1 aromatic rings. The van der Waals surface area contributed by atoms with Crippen LogP contribution in [0.2, 0.25) is 0 Å². The van der Waals surface area contributed by atoms with Crippen molar-refractivity contribution in [3.63, 3.8) is 0 Å². The van der Waals surface area contributed by atoms with Gasteiger partial charge >= 0.3 is 0 Å². The van der Waals surface area contributed by atoms with Gasteiger partial charge in [-0.3, -0.25) is 9.59 Å². The van der Waals surface area contributed by atoms with Crippen LogP contribution in [0, 0.1) is 0 Å². The Hall–Kier alpha value is -1.57. The molecule has 0 spiro atoms. The Labute approximate surface area is 160 Å². The minimum absolute atomic E-state index is 0.0579. The summed E-state index contributed by atoms with van der Waals surface area (Å²) in [5.41, 5.74) is 0.880. The summed E-state index contributed by atoms with van der Waals surface area (Å²) in [5, 5.41) is 6.02. The number of thioether (sulfide) groups is 1. The van der Waals surface area contributed by atoms with E-state index in [9.17, 15) is 9.59 Å². The highest BCUT2D eigenvalue weighted by Gasteiger charge is 2.32. The summed E-state index contributed by atoms with van der Waals surface area (Å²) < 4.78 is 0. The van der Waals surface area contributed by atoms with Crippen LogP contribution in [-0.2, 0) is 9.59 Å². The second-order valence-corrected chi connectivity index (χ2v) is 8.07. The number of hydrogen-bond donors (Lipinski definition) is 4. The van der Waals surface area contributed by atoms with E-state index in [1.54, 1.807) is 11.8 Å². The molecular weight excluding hydrogens is 348 g/mol. The molecule has 0 unspecified atom stereocenters. The highest BCUT2D eigenvalue weighted by molar-refractivity contribution is 7.98. The van der Waals surface area contributed by atoms with Crippen molar-refractivity contribution in [1.82, 2.24) is 5.32 Å². The Kier molecular flexibility index (Phi) is 7.93. The standard InChI is InChI=1S/C19H30N4O2S/c1-14(2)20-18(24)13-22-9-11-23(12-10-22)15(3)19(25)21-16-7-5-6-8-17(16)26-4/h5-8,14-15H,9-13H2,1-4H3,(H,20,24)(H,21,25)/p+2/t15-/m0/s1. The molecular formula is C19H32N4O2S+2. The molecule has 0 aliphatic carbocycles. The fourth-order valence-corrected chi connectivity index (χ4v) is 3.86. The molecule has 26 heavy (non-hydrogen) atoms. The molecule has 2 amide bonds. The first-order valence-electron chi connectivity index (χ1n) is 9.32. The van der Waals surface area contributed by atoms with Gasteiger partial charge in [0.2, 0.25) is 0 Å². The molecule has 1 heterocycles. The Morgan fingerprint density at radius 3 is 2.38 bits per heavy atom. The third-order valence-electron chi connectivity index (χ3n) is 4.83. The van der Waals surface area contributed by atoms with Crippen molar-refractivity contribution in [1.29, 1.82) is 0 Å². The normalized spacial score (nSPS) is 21.3. The number of nitrogens with one attached hydrogen (secondary N) is 4. The Morgan fingerprint density at radius 2 is 1.77 bits per heavy atom. The van der Waals surface area contributed by atoms with E-state index in [0.29, 0.717) is 6.54 Å². The van der Waals surface area contributed by atoms with Crippen LogP contribution >= 0.6 is 11.8 Å². The highest BCUT2D eigenvalue weighted by atomic mass is 32.2. The average molecular weight is 381 g/mol. The van der Waals surface area contributed by atoms with Gasteiger partial charge in [0.05, 0.1) is 5.69 Å². The maximum Gasteiger partial charge on any atom is 0.282 e. The van der Waals surface area contributed by atoms with Crippen LogP contribution in [0.5, 0.6) is 0 Å². The molecule has 0 aromatic heterocycles. The van der Waals surface area contributed by atoms with Gasteiger partial charge in [0.1, 0.15) is 26.2 Å². The van der Waals surface area contributed by atoms with Gasteiger partial charge in [0.15, 0.2) is 12.6 Å². The first-order chi connectivity index (χ1) is 12.4. The lowest BCUT2D eigenvalue weighted by Crippen LogP contribution is -3.30. The van der Waals surface area contributed by atoms with Crippen molar-refractivity contribution in [2.75, 3.05) is 44.3 Å². The van der Waals surface area contributed by atoms with Gasteiger partial charge in [-0.2, -0.15) is 0 Å². The molecule has 0 bridgehead atoms. The van der Waals surface area contributed by atoms with Gasteiger partial charge in [-0.05, 0) is 39.2 Å². The van der Waals surface area contributed by atoms with Crippen LogP contribution in [0.3, 0.4) is 0 Å². The molecule has 2 rings (SSSR count). The first kappa shape index (κ1) is 20.7. The van der Waals surface area contributed by atoms with E-state index in [1.807, 2.05) is 51.3 Å². The molecule has 1 fully saturated rings. The monoisotopic (exact) mass is 380 g/mol. The lowest BCUT2D eigenvalue weighted by Gasteiger charge is -2.32. The zero-order valence-electron chi connectivity index (χ0n) is 16.2. The summed E-state index contributed by atoms with van der Waals surface area (Å²) in [6.07, 6.45) is 2.01. The van der Waals surface area contributed by atoms with Crippen molar-refractivity contribution in [2.24, 2.45) is 0 Å². The summed E-state index contributed by atoms with van der Waals surface area (Å²) >= 11 is 1.63. The van der Waals surface area contributed by atoms with Gasteiger partial charge < -0.3 is 20.4 Å². The number of para-hydroxylation sites is 1. The van der Waals surface area contributed by atoms with Crippen LogP contribution in [-0.4, -0.2) is 62.9 Å². The molecule has 1 saturated heterocycles. The zero-order chi connectivity index (χ0) is 19.1. The van der Waals surface area contributed by atoms with Crippen LogP contribution < -0.4 is 20.4 Å². The molecule has 0 saturated carbocycles. The lowest BCUT2D eigenvalue weighted by atomic mass is 10.2. The summed E-state index contributed by atoms with van der Waals surface area (Å²) in [6.45, 7) is 10.1. The molecule has 0 radical (unpaired) electrons. The van der Waals surface area contributed by atoms with Gasteiger partial charge in [-0.1, -0.05) is 12.1 Å². The van der Waals surface area contributed by atoms with Crippen molar-refractivity contribution in [2.45, 2.75) is 37.8 Å². The zero-order valence-corrected chi connectivity index (χ0v) is 17.0. The fourth-order valence-electron chi connectivity index (χ4n) is 3.31. The predicted octanol–water partition coefficient (Wildman–Crippen LogP) is -0.956. The Bertz CT molecular complexity index is 615. The number of benzene rings is 1. The minimum atomic E-state index is -0.101. The minimum Gasteiger partial charge on any atom is -0.349 e. The van der Waals surface area contributed by atoms with E-state index >= 15 is 0 Å². The van der Waals surface area contributed by atoms with Gasteiger partial charge in [0, 0.05) is 10.9 Å². The number of quaternary nitrogens is 2. The van der Waals surface area contributed by atoms with Crippen LogP contribution in [0.1, 0.15) is 20.8 Å². The van der Waals surface area contributed by atoms with Crippen LogP contribution in [0.4, 0.5) is 5.69 Å². The maximum atomic E-state index is 12.6. The van der Waals surface area contributed by atoms with Crippen molar-refractivity contribution < 1.29 is 19.4 Å². The number of anilines is 1. The number of carbonyl (C=O) groups is 2. The molecule has 144 valence electrons. The van der Waals surface area contributed by atoms with E-state index in [0.717, 1.165) is 36.8 Å². The number of piperazine rings is 1. The average Bonchev–Trinajstić information content (AvgIpc) is 2.61. The van der Waals surface area contributed by atoms with Crippen molar-refractivity contribution in [3.8, 4) is 0 Å². The maximum absolute atomic E-state index is 12.6. The smallest absolute Gasteiger partial charge is 0.282 e. The molecule has 7 heteroatoms. The van der Waals surface area contributed by atoms with Gasteiger partial charge in [-0.15, -0.1) is 11.8 Å². The van der Waals surface area contributed by atoms with Crippen LogP contribution in [0.25, 0.3) is 0 Å². The highest BCUT2D eigenvalue weighted by Crippen LogP contribution is 2.24. The van der Waals surface area contributed by atoms with Crippen molar-refractivity contribution in [3.05, 3.63) is 24.3 Å². The summed E-state index contributed by atoms with van der Waals surface area (Å²) in [7, 11) is 0. The fraction of sp³-hybridized carbons (Fsp3) is 0.579. The lowest BCUT2D eigenvalue weighted by molar-refractivity contribution is -1.01. The summed E-state index contributed by atoms with van der Waals surface area (Å²) in [4.78, 5) is 28.2. The summed E-state index contributed by atoms with van der Waals surface area (Å²) in [5.74, 6) is 0.167. The van der Waals surface area contributed by atoms with Gasteiger partial charge in [-0.25, -0.2) is 0 Å². The van der Waals surface area contributed by atoms with E-state index in [2.05, 4.69) is 10.6 Å². The van der Waals surface area contributed by atoms with E-state index < -0.39 is 0 Å². The summed E-state index contributed by atoms with van der Waals surface area (Å²) in [6, 6.07) is 7.96. The molecule has 1 aliphatic rings. The molecule has 1 aromatic carbocycles. The Morgan fingerprint density at radius 1 is 1.12 bits per heavy atom. The first-order valence-corrected chi connectivity index (χ1v) is 10.5. The van der Waals surface area contributed by atoms with Gasteiger partial charge in [0.25, 0.3) is 11.8 Å². The van der Waals surface area contributed by atoms with Crippen molar-refractivity contribution >= 4 is 29.3 Å². The molecule has 4 N–H and O–H groups in total. The largest absolute Gasteiger partial charge is 0.349 e. The quantitative estimate of drug-likeness (QED) is 0.461. The number of rotatable bonds is 7. The third-order valence-corrected chi connectivity index (χ3v) is 5.63. The number of amides is 2. The molecule has 1 aliphatic heterocycles. The second-order valence-electron chi connectivity index (χ2n) is 7.22. The predicted molar refractivity (Wildman–Crippen MR) is 106 cm³/mol. The van der Waals surface area contributed by atoms with Crippen LogP contribution in [0.15, 0.2) is 29.2 Å². The van der Waals surface area contributed by atoms with E-state index in [1.165, 1.54) is 9.80 Å². The SMILES string of the molecule is CSc1ccccc1NC(=O)[C@H](C)[NH+]1CC[NH+](CC(=O)NC(C)C)CC1.